The number of hydrogen-bond acceptors (Lipinski definition) is 9. The van der Waals surface area contributed by atoms with Crippen LogP contribution in [0.2, 0.25) is 0 Å². The van der Waals surface area contributed by atoms with Crippen LogP contribution >= 0.6 is 0 Å². The Morgan fingerprint density at radius 2 is 1.85 bits per heavy atom. The van der Waals surface area contributed by atoms with Crippen molar-refractivity contribution in [2.45, 2.75) is 20.5 Å². The Labute approximate surface area is 187 Å². The van der Waals surface area contributed by atoms with Gasteiger partial charge in [0.15, 0.2) is 5.82 Å². The quantitative estimate of drug-likeness (QED) is 0.341. The molecule has 2 aromatic carbocycles. The number of esters is 1. The standard InChI is InChI=1S/C23H19N3O7/c1-3-30-23(29)25-17-8-9-18-16(10-20(27)32-19(18)11-17)12-31-22(28)15-6-4-14(5-7-15)21-24-13(2)26-33-21/h4-11H,3,12H2,1-2H3,(H,25,29). The molecule has 33 heavy (non-hydrogen) atoms. The SMILES string of the molecule is CCOC(=O)Nc1ccc2c(COC(=O)c3ccc(-c4nc(C)no4)cc3)cc(=O)oc2c1. The highest BCUT2D eigenvalue weighted by Gasteiger charge is 2.13. The molecule has 0 spiro atoms. The van der Waals surface area contributed by atoms with Gasteiger partial charge in [0.2, 0.25) is 0 Å². The number of nitrogens with zero attached hydrogens (tertiary/aromatic N) is 2. The Bertz CT molecular complexity index is 1370. The van der Waals surface area contributed by atoms with E-state index in [0.29, 0.717) is 39.5 Å². The van der Waals surface area contributed by atoms with E-state index >= 15 is 0 Å². The zero-order chi connectivity index (χ0) is 23.4. The second-order valence-corrected chi connectivity index (χ2v) is 6.95. The van der Waals surface area contributed by atoms with Crippen molar-refractivity contribution < 1.29 is 28.0 Å². The van der Waals surface area contributed by atoms with Gasteiger partial charge in [0.25, 0.3) is 5.89 Å². The minimum Gasteiger partial charge on any atom is -0.457 e. The molecule has 0 atom stereocenters. The number of anilines is 1. The number of carbonyl (C=O) groups excluding carboxylic acids is 2. The summed E-state index contributed by atoms with van der Waals surface area (Å²) in [7, 11) is 0. The van der Waals surface area contributed by atoms with Crippen LogP contribution < -0.4 is 10.9 Å². The average molecular weight is 449 g/mol. The molecular weight excluding hydrogens is 430 g/mol. The van der Waals surface area contributed by atoms with Gasteiger partial charge >= 0.3 is 17.7 Å². The normalized spacial score (nSPS) is 10.7. The number of nitrogens with one attached hydrogen (secondary N) is 1. The van der Waals surface area contributed by atoms with Crippen LogP contribution in [0.25, 0.3) is 22.4 Å². The van der Waals surface area contributed by atoms with Crippen molar-refractivity contribution in [2.24, 2.45) is 0 Å². The molecule has 1 N–H and O–H groups in total. The van der Waals surface area contributed by atoms with Gasteiger partial charge in [0.05, 0.1) is 12.2 Å². The Morgan fingerprint density at radius 3 is 2.55 bits per heavy atom. The molecule has 0 aliphatic rings. The summed E-state index contributed by atoms with van der Waals surface area (Å²) in [6.07, 6.45) is -0.621. The lowest BCUT2D eigenvalue weighted by Crippen LogP contribution is -2.13. The minimum absolute atomic E-state index is 0.143. The maximum Gasteiger partial charge on any atom is 0.411 e. The smallest absolute Gasteiger partial charge is 0.411 e. The first-order valence-electron chi connectivity index (χ1n) is 10.0. The largest absolute Gasteiger partial charge is 0.457 e. The summed E-state index contributed by atoms with van der Waals surface area (Å²) in [4.78, 5) is 40.2. The number of fused-ring (bicyclic) bond motifs is 1. The number of benzene rings is 2. The molecule has 1 amide bonds. The van der Waals surface area contributed by atoms with Gasteiger partial charge in [-0.25, -0.2) is 14.4 Å². The highest BCUT2D eigenvalue weighted by molar-refractivity contribution is 5.91. The van der Waals surface area contributed by atoms with Crippen molar-refractivity contribution >= 4 is 28.7 Å². The molecule has 168 valence electrons. The molecule has 0 unspecified atom stereocenters. The first kappa shape index (κ1) is 21.8. The van der Waals surface area contributed by atoms with Crippen molar-refractivity contribution in [1.82, 2.24) is 10.1 Å². The Balaban J connectivity index is 1.48. The Kier molecular flexibility index (Phi) is 6.16. The van der Waals surface area contributed by atoms with Gasteiger partial charge in [-0.15, -0.1) is 0 Å². The molecule has 4 rings (SSSR count). The van der Waals surface area contributed by atoms with Gasteiger partial charge in [0, 0.05) is 34.3 Å². The number of hydrogen-bond donors (Lipinski definition) is 1. The van der Waals surface area contributed by atoms with Crippen LogP contribution in [0, 0.1) is 6.92 Å². The van der Waals surface area contributed by atoms with E-state index in [1.54, 1.807) is 50.2 Å². The van der Waals surface area contributed by atoms with Crippen LogP contribution in [0.1, 0.15) is 28.7 Å². The fourth-order valence-electron chi connectivity index (χ4n) is 3.10. The fourth-order valence-corrected chi connectivity index (χ4v) is 3.10. The van der Waals surface area contributed by atoms with E-state index in [1.165, 1.54) is 12.1 Å². The fraction of sp³-hybridized carbons (Fsp3) is 0.174. The molecule has 0 radical (unpaired) electrons. The molecule has 0 fully saturated rings. The van der Waals surface area contributed by atoms with E-state index in [0.717, 1.165) is 0 Å². The number of amides is 1. The van der Waals surface area contributed by atoms with Gasteiger partial charge in [-0.05, 0) is 50.2 Å². The third kappa shape index (κ3) is 5.06. The molecule has 0 saturated heterocycles. The lowest BCUT2D eigenvalue weighted by molar-refractivity contribution is 0.0473. The highest BCUT2D eigenvalue weighted by atomic mass is 16.5. The van der Waals surface area contributed by atoms with Gasteiger partial charge in [-0.3, -0.25) is 5.32 Å². The molecule has 0 aliphatic carbocycles. The van der Waals surface area contributed by atoms with Crippen LogP contribution in [0.3, 0.4) is 0 Å². The molecule has 0 bridgehead atoms. The van der Waals surface area contributed by atoms with Gasteiger partial charge in [-0.2, -0.15) is 4.98 Å². The van der Waals surface area contributed by atoms with Crippen molar-refractivity contribution in [3.8, 4) is 11.5 Å². The Hall–Kier alpha value is -4.47. The molecule has 10 heteroatoms. The van der Waals surface area contributed by atoms with Crippen molar-refractivity contribution in [2.75, 3.05) is 11.9 Å². The number of aromatic nitrogens is 2. The van der Waals surface area contributed by atoms with Crippen LogP contribution in [0.4, 0.5) is 10.5 Å². The second kappa shape index (κ2) is 9.35. The molecule has 0 aliphatic heterocycles. The van der Waals surface area contributed by atoms with Crippen LogP contribution in [0.5, 0.6) is 0 Å². The maximum atomic E-state index is 12.5. The van der Waals surface area contributed by atoms with Crippen LogP contribution in [0.15, 0.2) is 62.3 Å². The summed E-state index contributed by atoms with van der Waals surface area (Å²) in [6, 6.07) is 12.6. The lowest BCUT2D eigenvalue weighted by Gasteiger charge is -2.09. The second-order valence-electron chi connectivity index (χ2n) is 6.95. The lowest BCUT2D eigenvalue weighted by atomic mass is 10.1. The zero-order valence-corrected chi connectivity index (χ0v) is 17.8. The van der Waals surface area contributed by atoms with E-state index in [4.69, 9.17) is 18.4 Å². The summed E-state index contributed by atoms with van der Waals surface area (Å²) in [5.41, 5.74) is 1.49. The summed E-state index contributed by atoms with van der Waals surface area (Å²) in [6.45, 7) is 3.49. The van der Waals surface area contributed by atoms with Gasteiger partial charge in [0.1, 0.15) is 12.2 Å². The third-order valence-corrected chi connectivity index (χ3v) is 4.61. The summed E-state index contributed by atoms with van der Waals surface area (Å²) in [5.74, 6) is 0.300. The average Bonchev–Trinajstić information content (AvgIpc) is 3.23. The highest BCUT2D eigenvalue weighted by Crippen LogP contribution is 2.23. The molecule has 10 nitrogen and oxygen atoms in total. The van der Waals surface area contributed by atoms with E-state index in [1.807, 2.05) is 0 Å². The van der Waals surface area contributed by atoms with E-state index in [-0.39, 0.29) is 18.8 Å². The monoisotopic (exact) mass is 449 g/mol. The molecule has 2 aromatic heterocycles. The predicted molar refractivity (Wildman–Crippen MR) is 117 cm³/mol. The summed E-state index contributed by atoms with van der Waals surface area (Å²) >= 11 is 0. The minimum atomic E-state index is -0.621. The van der Waals surface area contributed by atoms with Crippen LogP contribution in [-0.4, -0.2) is 28.8 Å². The van der Waals surface area contributed by atoms with Gasteiger partial charge in [-0.1, -0.05) is 5.16 Å². The zero-order valence-electron chi connectivity index (χ0n) is 17.8. The molecule has 0 saturated carbocycles. The molecule has 4 aromatic rings. The van der Waals surface area contributed by atoms with E-state index < -0.39 is 17.7 Å². The number of aryl methyl sites for hydroxylation is 1. The number of ether oxygens (including phenoxy) is 2. The van der Waals surface area contributed by atoms with Gasteiger partial charge < -0.3 is 18.4 Å². The van der Waals surface area contributed by atoms with E-state index in [2.05, 4.69) is 15.5 Å². The molecule has 2 heterocycles. The van der Waals surface area contributed by atoms with E-state index in [9.17, 15) is 14.4 Å². The first-order chi connectivity index (χ1) is 15.9. The predicted octanol–water partition coefficient (Wildman–Crippen LogP) is 4.08. The van der Waals surface area contributed by atoms with Crippen molar-refractivity contribution in [1.29, 1.82) is 0 Å². The van der Waals surface area contributed by atoms with Crippen molar-refractivity contribution in [3.05, 3.63) is 75.9 Å². The Morgan fingerprint density at radius 1 is 1.06 bits per heavy atom. The van der Waals surface area contributed by atoms with Crippen molar-refractivity contribution in [3.63, 3.8) is 0 Å². The first-order valence-corrected chi connectivity index (χ1v) is 10.0. The summed E-state index contributed by atoms with van der Waals surface area (Å²) in [5, 5.41) is 6.84. The summed E-state index contributed by atoms with van der Waals surface area (Å²) < 4.78 is 20.6. The third-order valence-electron chi connectivity index (χ3n) is 4.61. The number of carbonyl (C=O) groups is 2. The van der Waals surface area contributed by atoms with Crippen LogP contribution in [-0.2, 0) is 16.1 Å². The number of rotatable bonds is 6. The topological polar surface area (TPSA) is 134 Å². The molecular formula is C23H19N3O7. The maximum absolute atomic E-state index is 12.5.